The Morgan fingerprint density at radius 3 is 2.62 bits per heavy atom. The zero-order valence-electron chi connectivity index (χ0n) is 10.9. The molecule has 1 atom stereocenters. The molecule has 3 aromatic rings. The highest BCUT2D eigenvalue weighted by atomic mass is 32.1. The fraction of sp³-hybridized carbons (Fsp3) is 0.0667. The Hall–Kier alpha value is -1.76. The Labute approximate surface area is 135 Å². The molecule has 0 aliphatic heterocycles. The van der Waals surface area contributed by atoms with Gasteiger partial charge in [-0.05, 0) is 23.1 Å². The highest BCUT2D eigenvalue weighted by molar-refractivity contribution is 7.80. The summed E-state index contributed by atoms with van der Waals surface area (Å²) >= 11 is 8.19. The van der Waals surface area contributed by atoms with Crippen LogP contribution < -0.4 is 11.1 Å². The number of hydrogen-bond acceptors (Lipinski definition) is 4. The average Bonchev–Trinajstić information content (AvgIpc) is 3.06. The van der Waals surface area contributed by atoms with Crippen molar-refractivity contribution in [3.63, 3.8) is 0 Å². The van der Waals surface area contributed by atoms with E-state index in [2.05, 4.69) is 5.32 Å². The normalized spacial score (nSPS) is 12.2. The lowest BCUT2D eigenvalue weighted by Gasteiger charge is -2.17. The molecule has 0 aliphatic carbocycles. The number of nitrogens with one attached hydrogen (secondary N) is 1. The van der Waals surface area contributed by atoms with E-state index in [0.29, 0.717) is 4.88 Å². The molecule has 3 rings (SSSR count). The summed E-state index contributed by atoms with van der Waals surface area (Å²) in [7, 11) is 0. The molecule has 2 heterocycles. The number of nitrogens with two attached hydrogens (primary N) is 1. The Morgan fingerprint density at radius 1 is 1.19 bits per heavy atom. The van der Waals surface area contributed by atoms with E-state index < -0.39 is 6.04 Å². The second-order valence-corrected chi connectivity index (χ2v) is 6.98. The van der Waals surface area contributed by atoms with Gasteiger partial charge in [-0.15, -0.1) is 22.7 Å². The maximum atomic E-state index is 12.4. The van der Waals surface area contributed by atoms with Crippen LogP contribution in [0.4, 0.5) is 0 Å². The molecule has 1 aromatic carbocycles. The Bertz CT molecular complexity index is 763. The minimum atomic E-state index is -0.450. The number of fused-ring (bicyclic) bond motifs is 1. The second kappa shape index (κ2) is 5.93. The number of thiocarbonyl (C=S) groups is 1. The molecule has 1 amide bonds. The molecule has 106 valence electrons. The highest BCUT2D eigenvalue weighted by Gasteiger charge is 2.19. The minimum absolute atomic E-state index is 0.148. The predicted octanol–water partition coefficient (Wildman–Crippen LogP) is 3.72. The van der Waals surface area contributed by atoms with Crippen LogP contribution in [0.5, 0.6) is 0 Å². The van der Waals surface area contributed by atoms with Gasteiger partial charge in [0.2, 0.25) is 0 Å². The van der Waals surface area contributed by atoms with Crippen molar-refractivity contribution < 1.29 is 4.79 Å². The first-order valence-corrected chi connectivity index (χ1v) is 8.38. The van der Waals surface area contributed by atoms with Crippen molar-refractivity contribution in [3.8, 4) is 0 Å². The maximum Gasteiger partial charge on any atom is 0.262 e. The van der Waals surface area contributed by atoms with Gasteiger partial charge in [-0.3, -0.25) is 4.79 Å². The summed E-state index contributed by atoms with van der Waals surface area (Å²) in [5.41, 5.74) is 6.66. The van der Waals surface area contributed by atoms with Crippen LogP contribution in [-0.4, -0.2) is 10.9 Å². The van der Waals surface area contributed by atoms with Gasteiger partial charge in [-0.25, -0.2) is 0 Å². The summed E-state index contributed by atoms with van der Waals surface area (Å²) in [6.07, 6.45) is 0. The summed E-state index contributed by atoms with van der Waals surface area (Å²) in [5.74, 6) is -0.148. The number of thiophene rings is 2. The van der Waals surface area contributed by atoms with Crippen LogP contribution in [0.1, 0.15) is 21.3 Å². The van der Waals surface area contributed by atoms with Crippen LogP contribution in [0.15, 0.2) is 47.8 Å². The third-order valence-corrected chi connectivity index (χ3v) is 5.38. The average molecular weight is 332 g/mol. The lowest BCUT2D eigenvalue weighted by atomic mass is 10.1. The molecule has 0 bridgehead atoms. The van der Waals surface area contributed by atoms with E-state index in [4.69, 9.17) is 18.0 Å². The number of benzene rings is 1. The van der Waals surface area contributed by atoms with Crippen LogP contribution >= 0.6 is 34.9 Å². The maximum absolute atomic E-state index is 12.4. The molecule has 3 nitrogen and oxygen atoms in total. The molecule has 0 saturated heterocycles. The van der Waals surface area contributed by atoms with Crippen molar-refractivity contribution in [1.82, 2.24) is 5.32 Å². The van der Waals surface area contributed by atoms with Crippen LogP contribution in [-0.2, 0) is 0 Å². The number of amides is 1. The monoisotopic (exact) mass is 332 g/mol. The van der Waals surface area contributed by atoms with Gasteiger partial charge in [0.15, 0.2) is 0 Å². The van der Waals surface area contributed by atoms with Gasteiger partial charge < -0.3 is 11.1 Å². The van der Waals surface area contributed by atoms with Crippen molar-refractivity contribution in [2.75, 3.05) is 0 Å². The van der Waals surface area contributed by atoms with Crippen molar-refractivity contribution in [2.45, 2.75) is 6.04 Å². The minimum Gasteiger partial charge on any atom is -0.391 e. The standard InChI is InChI=1S/C15H12N2OS3/c16-14(19)13(9-4-2-1-3-5-9)17-15(18)12-8-11-10(21-12)6-7-20-11/h1-8,13H,(H2,16,19)(H,17,18). The molecule has 1 unspecified atom stereocenters. The zero-order valence-corrected chi connectivity index (χ0v) is 13.4. The van der Waals surface area contributed by atoms with Crippen LogP contribution in [0, 0.1) is 0 Å². The second-order valence-electron chi connectivity index (χ2n) is 4.48. The first-order chi connectivity index (χ1) is 10.1. The summed E-state index contributed by atoms with van der Waals surface area (Å²) in [6, 6.07) is 13.0. The Morgan fingerprint density at radius 2 is 1.95 bits per heavy atom. The van der Waals surface area contributed by atoms with Gasteiger partial charge in [0, 0.05) is 9.40 Å². The molecule has 0 radical (unpaired) electrons. The van der Waals surface area contributed by atoms with Crippen molar-refractivity contribution in [2.24, 2.45) is 5.73 Å². The summed E-state index contributed by atoms with van der Waals surface area (Å²) in [5, 5.41) is 4.93. The van der Waals surface area contributed by atoms with Gasteiger partial charge in [-0.1, -0.05) is 42.5 Å². The largest absolute Gasteiger partial charge is 0.391 e. The molecular weight excluding hydrogens is 320 g/mol. The summed E-state index contributed by atoms with van der Waals surface area (Å²) in [6.45, 7) is 0. The van der Waals surface area contributed by atoms with E-state index >= 15 is 0 Å². The van der Waals surface area contributed by atoms with Crippen molar-refractivity contribution in [1.29, 1.82) is 0 Å². The molecular formula is C15H12N2OS3. The molecule has 3 N–H and O–H groups in total. The molecule has 0 aliphatic rings. The number of carbonyl (C=O) groups is 1. The van der Waals surface area contributed by atoms with Gasteiger partial charge in [0.1, 0.15) is 11.0 Å². The summed E-state index contributed by atoms with van der Waals surface area (Å²) in [4.78, 5) is 13.3. The molecule has 0 saturated carbocycles. The lowest BCUT2D eigenvalue weighted by Crippen LogP contribution is -2.36. The zero-order chi connectivity index (χ0) is 14.8. The molecule has 0 spiro atoms. The fourth-order valence-corrected chi connectivity index (χ4v) is 4.25. The van der Waals surface area contributed by atoms with E-state index in [1.807, 2.05) is 47.8 Å². The van der Waals surface area contributed by atoms with Crippen LogP contribution in [0.3, 0.4) is 0 Å². The Kier molecular flexibility index (Phi) is 4.01. The van der Waals surface area contributed by atoms with Gasteiger partial charge in [0.05, 0.1) is 4.88 Å². The van der Waals surface area contributed by atoms with Crippen molar-refractivity contribution in [3.05, 3.63) is 58.3 Å². The topological polar surface area (TPSA) is 55.1 Å². The van der Waals surface area contributed by atoms with Crippen LogP contribution in [0.25, 0.3) is 9.40 Å². The third-order valence-electron chi connectivity index (χ3n) is 3.06. The highest BCUT2D eigenvalue weighted by Crippen LogP contribution is 2.30. The quantitative estimate of drug-likeness (QED) is 0.716. The molecule has 0 fully saturated rings. The van der Waals surface area contributed by atoms with E-state index in [1.165, 1.54) is 11.3 Å². The SMILES string of the molecule is NC(=S)C(NC(=O)c1cc2sccc2s1)c1ccccc1. The van der Waals surface area contributed by atoms with E-state index in [1.54, 1.807) is 11.3 Å². The van der Waals surface area contributed by atoms with Gasteiger partial charge in [-0.2, -0.15) is 0 Å². The predicted molar refractivity (Wildman–Crippen MR) is 93.1 cm³/mol. The van der Waals surface area contributed by atoms with E-state index in [0.717, 1.165) is 15.0 Å². The van der Waals surface area contributed by atoms with Crippen LogP contribution in [0.2, 0.25) is 0 Å². The van der Waals surface area contributed by atoms with Gasteiger partial charge in [0.25, 0.3) is 5.91 Å². The summed E-state index contributed by atoms with van der Waals surface area (Å²) < 4.78 is 2.24. The third kappa shape index (κ3) is 2.97. The van der Waals surface area contributed by atoms with E-state index in [9.17, 15) is 4.79 Å². The molecule has 21 heavy (non-hydrogen) atoms. The lowest BCUT2D eigenvalue weighted by molar-refractivity contribution is 0.0951. The first-order valence-electron chi connectivity index (χ1n) is 6.27. The number of hydrogen-bond donors (Lipinski definition) is 2. The number of carbonyl (C=O) groups excluding carboxylic acids is 1. The van der Waals surface area contributed by atoms with Gasteiger partial charge >= 0.3 is 0 Å². The molecule has 6 heteroatoms. The Balaban J connectivity index is 1.84. The first kappa shape index (κ1) is 14.2. The number of rotatable bonds is 4. The van der Waals surface area contributed by atoms with E-state index in [-0.39, 0.29) is 10.9 Å². The molecule has 2 aromatic heterocycles. The van der Waals surface area contributed by atoms with Crippen molar-refractivity contribution >= 4 is 55.2 Å². The smallest absolute Gasteiger partial charge is 0.262 e. The fourth-order valence-electron chi connectivity index (χ4n) is 2.04.